The molecule has 0 fully saturated rings. The molecule has 0 saturated carbocycles. The molecule has 0 bridgehead atoms. The van der Waals surface area contributed by atoms with Crippen molar-refractivity contribution in [2.75, 3.05) is 13.1 Å². The Morgan fingerprint density at radius 3 is 2.95 bits per heavy atom. The molecule has 0 atom stereocenters. The first-order chi connectivity index (χ1) is 9.20. The SMILES string of the molecule is CCCNCCc1nnc(-c2c[nH]c(C)cc2=O)s1. The van der Waals surface area contributed by atoms with E-state index >= 15 is 0 Å². The van der Waals surface area contributed by atoms with Gasteiger partial charge in [0.05, 0.1) is 5.56 Å². The zero-order valence-electron chi connectivity index (χ0n) is 11.2. The maximum Gasteiger partial charge on any atom is 0.192 e. The summed E-state index contributed by atoms with van der Waals surface area (Å²) >= 11 is 1.48. The third-order valence-electron chi connectivity index (χ3n) is 2.70. The van der Waals surface area contributed by atoms with Crippen LogP contribution in [0.2, 0.25) is 0 Å². The molecule has 0 aliphatic rings. The molecule has 2 aromatic heterocycles. The Bertz CT molecular complexity index is 590. The molecule has 0 amide bonds. The average molecular weight is 278 g/mol. The lowest BCUT2D eigenvalue weighted by Gasteiger charge is -1.98. The number of pyridine rings is 1. The Labute approximate surface area is 116 Å². The van der Waals surface area contributed by atoms with E-state index in [4.69, 9.17) is 0 Å². The van der Waals surface area contributed by atoms with E-state index in [0.717, 1.165) is 36.6 Å². The number of hydrogen-bond acceptors (Lipinski definition) is 5. The molecular formula is C13H18N4OS. The van der Waals surface area contributed by atoms with Crippen LogP contribution >= 0.6 is 11.3 Å². The van der Waals surface area contributed by atoms with Gasteiger partial charge in [0.15, 0.2) is 10.4 Å². The minimum Gasteiger partial charge on any atom is -0.364 e. The van der Waals surface area contributed by atoms with E-state index in [-0.39, 0.29) is 5.43 Å². The predicted octanol–water partition coefficient (Wildman–Crippen LogP) is 1.74. The number of hydrogen-bond donors (Lipinski definition) is 2. The van der Waals surface area contributed by atoms with Crippen molar-refractivity contribution < 1.29 is 0 Å². The highest BCUT2D eigenvalue weighted by molar-refractivity contribution is 7.14. The Morgan fingerprint density at radius 1 is 1.37 bits per heavy atom. The summed E-state index contributed by atoms with van der Waals surface area (Å²) in [6.07, 6.45) is 3.68. The molecule has 5 nitrogen and oxygen atoms in total. The van der Waals surface area contributed by atoms with Crippen molar-refractivity contribution in [3.05, 3.63) is 33.2 Å². The van der Waals surface area contributed by atoms with Gasteiger partial charge in [-0.05, 0) is 19.9 Å². The lowest BCUT2D eigenvalue weighted by Crippen LogP contribution is -2.17. The third-order valence-corrected chi connectivity index (χ3v) is 3.71. The lowest BCUT2D eigenvalue weighted by molar-refractivity contribution is 0.668. The number of aromatic amines is 1. The average Bonchev–Trinajstić information content (AvgIpc) is 2.83. The van der Waals surface area contributed by atoms with Gasteiger partial charge in [0, 0.05) is 30.9 Å². The van der Waals surface area contributed by atoms with E-state index in [0.29, 0.717) is 10.6 Å². The molecule has 6 heteroatoms. The molecule has 0 aliphatic heterocycles. The number of H-pyrrole nitrogens is 1. The van der Waals surface area contributed by atoms with Crippen molar-refractivity contribution in [3.8, 4) is 10.6 Å². The molecule has 2 rings (SSSR count). The van der Waals surface area contributed by atoms with E-state index in [2.05, 4.69) is 27.4 Å². The van der Waals surface area contributed by atoms with Crippen molar-refractivity contribution in [3.63, 3.8) is 0 Å². The van der Waals surface area contributed by atoms with Crippen LogP contribution in [0.15, 0.2) is 17.1 Å². The maximum atomic E-state index is 11.9. The van der Waals surface area contributed by atoms with Crippen molar-refractivity contribution in [1.82, 2.24) is 20.5 Å². The normalized spacial score (nSPS) is 10.8. The summed E-state index contributed by atoms with van der Waals surface area (Å²) in [5.74, 6) is 0. The summed E-state index contributed by atoms with van der Waals surface area (Å²) in [5.41, 5.74) is 1.43. The van der Waals surface area contributed by atoms with Gasteiger partial charge in [-0.25, -0.2) is 0 Å². The van der Waals surface area contributed by atoms with Gasteiger partial charge in [-0.3, -0.25) is 4.79 Å². The van der Waals surface area contributed by atoms with Crippen molar-refractivity contribution in [2.45, 2.75) is 26.7 Å². The Morgan fingerprint density at radius 2 is 2.21 bits per heavy atom. The second-order valence-electron chi connectivity index (χ2n) is 4.39. The quantitative estimate of drug-likeness (QED) is 0.790. The highest BCUT2D eigenvalue weighted by Gasteiger charge is 2.09. The van der Waals surface area contributed by atoms with Gasteiger partial charge >= 0.3 is 0 Å². The molecule has 19 heavy (non-hydrogen) atoms. The van der Waals surface area contributed by atoms with E-state index in [1.165, 1.54) is 11.3 Å². The van der Waals surface area contributed by atoms with Gasteiger partial charge in [0.2, 0.25) is 0 Å². The zero-order chi connectivity index (χ0) is 13.7. The van der Waals surface area contributed by atoms with Crippen LogP contribution in [0.4, 0.5) is 0 Å². The van der Waals surface area contributed by atoms with Crippen LogP contribution < -0.4 is 10.7 Å². The number of rotatable bonds is 6. The molecule has 0 unspecified atom stereocenters. The molecule has 102 valence electrons. The number of nitrogens with zero attached hydrogens (tertiary/aromatic N) is 2. The van der Waals surface area contributed by atoms with Crippen LogP contribution in [0.5, 0.6) is 0 Å². The molecule has 0 radical (unpaired) electrons. The van der Waals surface area contributed by atoms with Gasteiger partial charge in [0.1, 0.15) is 5.01 Å². The Kier molecular flexibility index (Phi) is 4.81. The molecule has 2 heterocycles. The van der Waals surface area contributed by atoms with Crippen LogP contribution in [-0.4, -0.2) is 28.3 Å². The molecular weight excluding hydrogens is 260 g/mol. The fourth-order valence-electron chi connectivity index (χ4n) is 1.70. The molecule has 0 saturated heterocycles. The van der Waals surface area contributed by atoms with Gasteiger partial charge in [-0.1, -0.05) is 18.3 Å². The van der Waals surface area contributed by atoms with Gasteiger partial charge in [-0.15, -0.1) is 10.2 Å². The van der Waals surface area contributed by atoms with Crippen LogP contribution in [-0.2, 0) is 6.42 Å². The number of aromatic nitrogens is 3. The van der Waals surface area contributed by atoms with E-state index in [1.54, 1.807) is 12.3 Å². The first kappa shape index (κ1) is 13.9. The largest absolute Gasteiger partial charge is 0.364 e. The predicted molar refractivity (Wildman–Crippen MR) is 77.6 cm³/mol. The second-order valence-corrected chi connectivity index (χ2v) is 5.46. The first-order valence-corrected chi connectivity index (χ1v) is 7.25. The topological polar surface area (TPSA) is 70.7 Å². The summed E-state index contributed by atoms with van der Waals surface area (Å²) in [6.45, 7) is 5.91. The minimum absolute atomic E-state index is 0.0111. The van der Waals surface area contributed by atoms with E-state index < -0.39 is 0 Å². The molecule has 0 aliphatic carbocycles. The first-order valence-electron chi connectivity index (χ1n) is 6.43. The minimum atomic E-state index is -0.0111. The molecule has 0 spiro atoms. The second kappa shape index (κ2) is 6.58. The highest BCUT2D eigenvalue weighted by atomic mass is 32.1. The molecule has 2 N–H and O–H groups in total. The van der Waals surface area contributed by atoms with Crippen molar-refractivity contribution in [2.24, 2.45) is 0 Å². The van der Waals surface area contributed by atoms with Crippen LogP contribution in [0.25, 0.3) is 10.6 Å². The van der Waals surface area contributed by atoms with E-state index in [1.807, 2.05) is 6.92 Å². The number of nitrogens with one attached hydrogen (secondary N) is 2. The molecule has 0 aromatic carbocycles. The fourth-order valence-corrected chi connectivity index (χ4v) is 2.56. The summed E-state index contributed by atoms with van der Waals surface area (Å²) in [5, 5.41) is 13.2. The number of aryl methyl sites for hydroxylation is 1. The summed E-state index contributed by atoms with van der Waals surface area (Å²) < 4.78 is 0. The van der Waals surface area contributed by atoms with E-state index in [9.17, 15) is 4.79 Å². The lowest BCUT2D eigenvalue weighted by atomic mass is 10.2. The summed E-state index contributed by atoms with van der Waals surface area (Å²) in [4.78, 5) is 14.9. The monoisotopic (exact) mass is 278 g/mol. The van der Waals surface area contributed by atoms with Gasteiger partial charge in [0.25, 0.3) is 0 Å². The summed E-state index contributed by atoms with van der Waals surface area (Å²) in [6, 6.07) is 1.58. The molecule has 2 aromatic rings. The van der Waals surface area contributed by atoms with Gasteiger partial charge in [-0.2, -0.15) is 0 Å². The van der Waals surface area contributed by atoms with Crippen molar-refractivity contribution in [1.29, 1.82) is 0 Å². The van der Waals surface area contributed by atoms with Crippen LogP contribution in [0, 0.1) is 6.92 Å². The summed E-state index contributed by atoms with van der Waals surface area (Å²) in [7, 11) is 0. The Balaban J connectivity index is 2.06. The van der Waals surface area contributed by atoms with Crippen LogP contribution in [0.1, 0.15) is 24.0 Å². The maximum absolute atomic E-state index is 11.9. The fraction of sp³-hybridized carbons (Fsp3) is 0.462. The van der Waals surface area contributed by atoms with Crippen LogP contribution in [0.3, 0.4) is 0 Å². The Hall–Kier alpha value is -1.53. The smallest absolute Gasteiger partial charge is 0.192 e. The van der Waals surface area contributed by atoms with Gasteiger partial charge < -0.3 is 10.3 Å². The third kappa shape index (κ3) is 3.71. The standard InChI is InChI=1S/C13H18N4OS/c1-3-5-14-6-4-12-16-17-13(19-12)10-8-15-9(2)7-11(10)18/h7-8,14H,3-6H2,1-2H3,(H,15,18). The highest BCUT2D eigenvalue weighted by Crippen LogP contribution is 2.20. The van der Waals surface area contributed by atoms with Crippen molar-refractivity contribution >= 4 is 11.3 Å². The zero-order valence-corrected chi connectivity index (χ0v) is 12.0.